The molecule has 0 aromatic heterocycles. The molecule has 0 N–H and O–H groups in total. The van der Waals surface area contributed by atoms with Gasteiger partial charge in [-0.15, -0.1) is 0 Å². The molecule has 1 amide bonds. The number of likely N-dealkylation sites (tertiary alicyclic amines) is 1. The van der Waals surface area contributed by atoms with Crippen LogP contribution in [-0.4, -0.2) is 44.6 Å². The highest BCUT2D eigenvalue weighted by Crippen LogP contribution is 2.27. The van der Waals surface area contributed by atoms with Crippen molar-refractivity contribution in [2.75, 3.05) is 23.7 Å². The zero-order chi connectivity index (χ0) is 21.7. The molecule has 0 saturated carbocycles. The fourth-order valence-corrected chi connectivity index (χ4v) is 5.46. The van der Waals surface area contributed by atoms with Crippen LogP contribution in [-0.2, 0) is 21.2 Å². The Morgan fingerprint density at radius 2 is 1.67 bits per heavy atom. The third-order valence-electron chi connectivity index (χ3n) is 5.89. The Balaban J connectivity index is 1.71. The number of benzene rings is 2. The number of anilines is 1. The van der Waals surface area contributed by atoms with Crippen LogP contribution in [0.3, 0.4) is 0 Å². The molecule has 1 aliphatic rings. The second-order valence-electron chi connectivity index (χ2n) is 8.28. The van der Waals surface area contributed by atoms with Crippen molar-refractivity contribution < 1.29 is 13.2 Å². The highest BCUT2D eigenvalue weighted by Gasteiger charge is 2.35. The van der Waals surface area contributed by atoms with Gasteiger partial charge in [-0.1, -0.05) is 55.0 Å². The van der Waals surface area contributed by atoms with Crippen molar-refractivity contribution >= 4 is 21.6 Å². The Morgan fingerprint density at radius 1 is 1.07 bits per heavy atom. The van der Waals surface area contributed by atoms with Gasteiger partial charge in [0.1, 0.15) is 6.04 Å². The van der Waals surface area contributed by atoms with E-state index in [4.69, 9.17) is 0 Å². The maximum atomic E-state index is 13.3. The summed E-state index contributed by atoms with van der Waals surface area (Å²) < 4.78 is 26.5. The summed E-state index contributed by atoms with van der Waals surface area (Å²) >= 11 is 0. The lowest BCUT2D eigenvalue weighted by Crippen LogP contribution is -2.52. The van der Waals surface area contributed by atoms with Crippen LogP contribution in [0.15, 0.2) is 54.6 Å². The summed E-state index contributed by atoms with van der Waals surface area (Å²) in [5, 5.41) is 0. The van der Waals surface area contributed by atoms with Crippen LogP contribution < -0.4 is 4.31 Å². The molecule has 0 aliphatic carbocycles. The fraction of sp³-hybridized carbons (Fsp3) is 0.458. The SMILES string of the molecule is CCC(C(=O)N1CCC(Cc2ccccc2)CC1)N(c1ccc(C)cc1)S(C)(=O)=O. The van der Waals surface area contributed by atoms with Crippen LogP contribution in [0.1, 0.15) is 37.3 Å². The molecule has 1 fully saturated rings. The molecule has 2 aromatic carbocycles. The maximum Gasteiger partial charge on any atom is 0.246 e. The lowest BCUT2D eigenvalue weighted by atomic mass is 9.90. The number of carbonyl (C=O) groups is 1. The molecule has 1 atom stereocenters. The lowest BCUT2D eigenvalue weighted by Gasteiger charge is -2.37. The molecule has 30 heavy (non-hydrogen) atoms. The van der Waals surface area contributed by atoms with Gasteiger partial charge >= 0.3 is 0 Å². The molecule has 1 saturated heterocycles. The van der Waals surface area contributed by atoms with Gasteiger partial charge in [0.15, 0.2) is 0 Å². The van der Waals surface area contributed by atoms with Crippen LogP contribution in [0.2, 0.25) is 0 Å². The van der Waals surface area contributed by atoms with E-state index in [0.29, 0.717) is 31.1 Å². The molecule has 162 valence electrons. The number of sulfonamides is 1. The van der Waals surface area contributed by atoms with Crippen LogP contribution >= 0.6 is 0 Å². The number of piperidine rings is 1. The van der Waals surface area contributed by atoms with Gasteiger partial charge in [-0.2, -0.15) is 0 Å². The molecule has 5 nitrogen and oxygen atoms in total. The Morgan fingerprint density at radius 3 is 2.20 bits per heavy atom. The van der Waals surface area contributed by atoms with E-state index in [9.17, 15) is 13.2 Å². The number of hydrogen-bond acceptors (Lipinski definition) is 3. The minimum absolute atomic E-state index is 0.0957. The van der Waals surface area contributed by atoms with E-state index < -0.39 is 16.1 Å². The molecule has 3 rings (SSSR count). The van der Waals surface area contributed by atoms with Gasteiger partial charge in [0.25, 0.3) is 0 Å². The summed E-state index contributed by atoms with van der Waals surface area (Å²) in [6, 6.07) is 17.0. The van der Waals surface area contributed by atoms with Gasteiger partial charge in [-0.05, 0) is 56.2 Å². The molecule has 2 aromatic rings. The number of hydrogen-bond donors (Lipinski definition) is 0. The van der Waals surface area contributed by atoms with Crippen molar-refractivity contribution in [3.63, 3.8) is 0 Å². The first-order valence-electron chi connectivity index (χ1n) is 10.7. The first kappa shape index (κ1) is 22.3. The summed E-state index contributed by atoms with van der Waals surface area (Å²) in [6.45, 7) is 5.18. The van der Waals surface area contributed by atoms with Crippen LogP contribution in [0.4, 0.5) is 5.69 Å². The normalized spacial score (nSPS) is 16.3. The van der Waals surface area contributed by atoms with Crippen LogP contribution in [0.5, 0.6) is 0 Å². The molecular weight excluding hydrogens is 396 g/mol. The van der Waals surface area contributed by atoms with E-state index in [0.717, 1.165) is 24.8 Å². The number of carbonyl (C=O) groups excluding carboxylic acids is 1. The zero-order valence-electron chi connectivity index (χ0n) is 18.1. The molecule has 1 heterocycles. The van der Waals surface area contributed by atoms with Gasteiger partial charge < -0.3 is 4.90 Å². The number of rotatable bonds is 7. The van der Waals surface area contributed by atoms with Gasteiger partial charge in [-0.25, -0.2) is 8.42 Å². The van der Waals surface area contributed by atoms with Crippen molar-refractivity contribution in [1.29, 1.82) is 0 Å². The van der Waals surface area contributed by atoms with Crippen molar-refractivity contribution in [2.24, 2.45) is 5.92 Å². The first-order chi connectivity index (χ1) is 14.3. The number of amides is 1. The molecular formula is C24H32N2O3S. The maximum absolute atomic E-state index is 13.3. The molecule has 0 spiro atoms. The molecule has 1 aliphatic heterocycles. The van der Waals surface area contributed by atoms with E-state index >= 15 is 0 Å². The van der Waals surface area contributed by atoms with Crippen LogP contribution in [0.25, 0.3) is 0 Å². The Hall–Kier alpha value is -2.34. The fourth-order valence-electron chi connectivity index (χ4n) is 4.25. The summed E-state index contributed by atoms with van der Waals surface area (Å²) in [5.74, 6) is 0.460. The molecule has 0 radical (unpaired) electrons. The third kappa shape index (κ3) is 5.42. The summed E-state index contributed by atoms with van der Waals surface area (Å²) in [4.78, 5) is 15.2. The van der Waals surface area contributed by atoms with Gasteiger partial charge in [-0.3, -0.25) is 9.10 Å². The predicted molar refractivity (Wildman–Crippen MR) is 122 cm³/mol. The van der Waals surface area contributed by atoms with E-state index in [1.54, 1.807) is 12.1 Å². The quantitative estimate of drug-likeness (QED) is 0.669. The van der Waals surface area contributed by atoms with Crippen molar-refractivity contribution in [2.45, 2.75) is 45.6 Å². The smallest absolute Gasteiger partial charge is 0.246 e. The third-order valence-corrected chi connectivity index (χ3v) is 7.07. The Bertz CT molecular complexity index is 934. The predicted octanol–water partition coefficient (Wildman–Crippen LogP) is 4.02. The van der Waals surface area contributed by atoms with Gasteiger partial charge in [0, 0.05) is 13.1 Å². The number of nitrogens with zero attached hydrogens (tertiary/aromatic N) is 2. The van der Waals surface area contributed by atoms with Crippen molar-refractivity contribution in [3.8, 4) is 0 Å². The second kappa shape index (κ2) is 9.65. The minimum atomic E-state index is -3.59. The Labute approximate surface area is 180 Å². The minimum Gasteiger partial charge on any atom is -0.341 e. The molecule has 6 heteroatoms. The van der Waals surface area contributed by atoms with E-state index in [1.807, 2.05) is 36.9 Å². The van der Waals surface area contributed by atoms with Gasteiger partial charge in [0.05, 0.1) is 11.9 Å². The summed E-state index contributed by atoms with van der Waals surface area (Å²) in [7, 11) is -3.59. The van der Waals surface area contributed by atoms with E-state index in [1.165, 1.54) is 16.1 Å². The second-order valence-corrected chi connectivity index (χ2v) is 10.1. The average molecular weight is 429 g/mol. The first-order valence-corrected chi connectivity index (χ1v) is 12.5. The molecule has 0 bridgehead atoms. The monoisotopic (exact) mass is 428 g/mol. The van der Waals surface area contributed by atoms with E-state index in [2.05, 4.69) is 24.3 Å². The summed E-state index contributed by atoms with van der Waals surface area (Å²) in [5.41, 5.74) is 2.92. The highest BCUT2D eigenvalue weighted by atomic mass is 32.2. The van der Waals surface area contributed by atoms with E-state index in [-0.39, 0.29) is 5.91 Å². The zero-order valence-corrected chi connectivity index (χ0v) is 18.9. The van der Waals surface area contributed by atoms with Gasteiger partial charge in [0.2, 0.25) is 15.9 Å². The highest BCUT2D eigenvalue weighted by molar-refractivity contribution is 7.92. The standard InChI is InChI=1S/C24H32N2O3S/c1-4-23(26(30(3,28)29)22-12-10-19(2)11-13-22)24(27)25-16-14-21(15-17-25)18-20-8-6-5-7-9-20/h5-13,21,23H,4,14-18H2,1-3H3. The van der Waals surface area contributed by atoms with Crippen LogP contribution in [0, 0.1) is 12.8 Å². The topological polar surface area (TPSA) is 57.7 Å². The Kier molecular flexibility index (Phi) is 7.19. The largest absolute Gasteiger partial charge is 0.341 e. The molecule has 1 unspecified atom stereocenters. The summed E-state index contributed by atoms with van der Waals surface area (Å²) in [6.07, 6.45) is 4.53. The van der Waals surface area contributed by atoms with Crippen molar-refractivity contribution in [3.05, 3.63) is 65.7 Å². The lowest BCUT2D eigenvalue weighted by molar-refractivity contribution is -0.133. The van der Waals surface area contributed by atoms with Crippen molar-refractivity contribution in [1.82, 2.24) is 4.90 Å². The average Bonchev–Trinajstić information content (AvgIpc) is 2.73. The number of aryl methyl sites for hydroxylation is 1.